The zero-order valence-corrected chi connectivity index (χ0v) is 15.1. The molecule has 4 heteroatoms. The normalized spacial score (nSPS) is 24.3. The van der Waals surface area contributed by atoms with E-state index in [4.69, 9.17) is 4.18 Å². The summed E-state index contributed by atoms with van der Waals surface area (Å²) >= 11 is -1.60. The van der Waals surface area contributed by atoms with Crippen LogP contribution in [0.25, 0.3) is 0 Å². The molecule has 2 rings (SSSR count). The van der Waals surface area contributed by atoms with Gasteiger partial charge in [-0.2, -0.15) is 0 Å². The molecule has 0 amide bonds. The minimum Gasteiger partial charge on any atom is -0.280 e. The Morgan fingerprint density at radius 3 is 2.18 bits per heavy atom. The molecule has 1 unspecified atom stereocenters. The lowest BCUT2D eigenvalue weighted by atomic mass is 9.85. The number of halogens is 1. The van der Waals surface area contributed by atoms with Gasteiger partial charge in [-0.15, -0.1) is 0 Å². The molecule has 0 heterocycles. The Morgan fingerprint density at radius 1 is 1.14 bits per heavy atom. The smallest absolute Gasteiger partial charge is 0.190 e. The van der Waals surface area contributed by atoms with E-state index in [1.165, 1.54) is 5.56 Å². The van der Waals surface area contributed by atoms with Gasteiger partial charge >= 0.3 is 0 Å². The van der Waals surface area contributed by atoms with E-state index in [0.29, 0.717) is 17.7 Å². The first kappa shape index (κ1) is 17.6. The maximum absolute atomic E-state index is 13.9. The van der Waals surface area contributed by atoms with Crippen LogP contribution in [-0.2, 0) is 20.7 Å². The summed E-state index contributed by atoms with van der Waals surface area (Å²) in [5.41, 5.74) is 3.16. The summed E-state index contributed by atoms with van der Waals surface area (Å²) in [6.45, 7) is 10.4. The predicted molar refractivity (Wildman–Crippen MR) is 89.3 cm³/mol. The molecule has 1 fully saturated rings. The van der Waals surface area contributed by atoms with Gasteiger partial charge in [0.05, 0.1) is 4.90 Å². The van der Waals surface area contributed by atoms with Gasteiger partial charge in [0.2, 0.25) is 0 Å². The fourth-order valence-electron chi connectivity index (χ4n) is 2.97. The summed E-state index contributed by atoms with van der Waals surface area (Å²) in [7, 11) is 0. The molecule has 1 aromatic carbocycles. The summed E-state index contributed by atoms with van der Waals surface area (Å²) in [6.07, 6.45) is 1.49. The largest absolute Gasteiger partial charge is 0.280 e. The third-order valence-corrected chi connectivity index (χ3v) is 5.73. The van der Waals surface area contributed by atoms with Crippen LogP contribution in [0.3, 0.4) is 0 Å². The lowest BCUT2D eigenvalue weighted by Crippen LogP contribution is -2.30. The summed E-state index contributed by atoms with van der Waals surface area (Å²) in [6, 6.07) is 4.13. The molecule has 0 bridgehead atoms. The average Bonchev–Trinajstić information content (AvgIpc) is 2.39. The molecule has 0 saturated heterocycles. The number of hydrogen-bond donors (Lipinski definition) is 0. The zero-order valence-electron chi connectivity index (χ0n) is 14.2. The molecular formula is C18H27FO2S. The molecule has 124 valence electrons. The first-order valence-corrected chi connectivity index (χ1v) is 9.12. The number of alkyl halides is 1. The Hall–Kier alpha value is -0.740. The van der Waals surface area contributed by atoms with Gasteiger partial charge in [0.15, 0.2) is 11.1 Å². The topological polar surface area (TPSA) is 26.3 Å². The van der Waals surface area contributed by atoms with Crippen molar-refractivity contribution in [2.24, 2.45) is 0 Å². The third-order valence-electron chi connectivity index (χ3n) is 4.33. The molecule has 1 aromatic rings. The monoisotopic (exact) mass is 326 g/mol. The van der Waals surface area contributed by atoms with Crippen molar-refractivity contribution in [2.75, 3.05) is 0 Å². The van der Waals surface area contributed by atoms with Crippen molar-refractivity contribution in [3.63, 3.8) is 0 Å². The molecular weight excluding hydrogens is 299 g/mol. The van der Waals surface area contributed by atoms with E-state index in [1.54, 1.807) is 0 Å². The number of benzene rings is 1. The highest BCUT2D eigenvalue weighted by atomic mass is 32.2. The molecule has 0 aliphatic heterocycles. The van der Waals surface area contributed by atoms with Crippen LogP contribution in [0.5, 0.6) is 0 Å². The molecule has 3 atom stereocenters. The van der Waals surface area contributed by atoms with Crippen LogP contribution in [-0.4, -0.2) is 16.5 Å². The number of hydrogen-bond acceptors (Lipinski definition) is 2. The van der Waals surface area contributed by atoms with Gasteiger partial charge in [0, 0.05) is 0 Å². The molecule has 0 spiro atoms. The standard InChI is InChI=1S/C18H27FO2S/c1-12-10-14(18(3,4)5)11-13(2)17(12)22(20)21-16-9-7-6-8-15(16)19/h10-11,15-16H,6-9H2,1-5H3/t15-,16-,22?/m1/s1. The Labute approximate surface area is 136 Å². The Bertz CT molecular complexity index is 540. The van der Waals surface area contributed by atoms with Crippen LogP contribution in [0.1, 0.15) is 63.1 Å². The van der Waals surface area contributed by atoms with E-state index in [-0.39, 0.29) is 5.41 Å². The van der Waals surface area contributed by atoms with Crippen molar-refractivity contribution >= 4 is 11.1 Å². The van der Waals surface area contributed by atoms with Crippen LogP contribution >= 0.6 is 0 Å². The number of aryl methyl sites for hydroxylation is 2. The van der Waals surface area contributed by atoms with Gasteiger partial charge in [0.1, 0.15) is 12.3 Å². The average molecular weight is 326 g/mol. The van der Waals surface area contributed by atoms with E-state index in [9.17, 15) is 8.60 Å². The maximum Gasteiger partial charge on any atom is 0.190 e. The highest BCUT2D eigenvalue weighted by molar-refractivity contribution is 7.80. The van der Waals surface area contributed by atoms with Crippen LogP contribution in [0, 0.1) is 13.8 Å². The summed E-state index contributed by atoms with van der Waals surface area (Å²) < 4.78 is 32.0. The molecule has 1 saturated carbocycles. The third kappa shape index (κ3) is 3.96. The van der Waals surface area contributed by atoms with E-state index in [1.807, 2.05) is 13.8 Å². The maximum atomic E-state index is 13.9. The highest BCUT2D eigenvalue weighted by Gasteiger charge is 2.29. The first-order chi connectivity index (χ1) is 10.2. The van der Waals surface area contributed by atoms with Crippen molar-refractivity contribution < 1.29 is 12.8 Å². The van der Waals surface area contributed by atoms with Crippen molar-refractivity contribution in [2.45, 2.75) is 82.9 Å². The van der Waals surface area contributed by atoms with Crippen molar-refractivity contribution in [1.29, 1.82) is 0 Å². The van der Waals surface area contributed by atoms with Crippen molar-refractivity contribution in [3.05, 3.63) is 28.8 Å². The predicted octanol–water partition coefficient (Wildman–Crippen LogP) is 4.92. The molecule has 1 aliphatic carbocycles. The van der Waals surface area contributed by atoms with Crippen LogP contribution in [0.2, 0.25) is 0 Å². The van der Waals surface area contributed by atoms with Gasteiger partial charge in [0.25, 0.3) is 0 Å². The summed E-state index contributed by atoms with van der Waals surface area (Å²) in [4.78, 5) is 0.700. The molecule has 0 aromatic heterocycles. The quantitative estimate of drug-likeness (QED) is 0.788. The fourth-order valence-corrected chi connectivity index (χ4v) is 4.15. The Kier molecular flexibility index (Phi) is 5.44. The van der Waals surface area contributed by atoms with E-state index >= 15 is 0 Å². The number of rotatable bonds is 3. The van der Waals surface area contributed by atoms with Gasteiger partial charge < -0.3 is 0 Å². The SMILES string of the molecule is Cc1cc(C(C)(C)C)cc(C)c1S(=O)O[C@@H]1CCCC[C@H]1F. The van der Waals surface area contributed by atoms with Crippen LogP contribution in [0.4, 0.5) is 4.39 Å². The highest BCUT2D eigenvalue weighted by Crippen LogP contribution is 2.31. The molecule has 22 heavy (non-hydrogen) atoms. The van der Waals surface area contributed by atoms with Crippen LogP contribution < -0.4 is 0 Å². The van der Waals surface area contributed by atoms with Crippen molar-refractivity contribution in [3.8, 4) is 0 Å². The van der Waals surface area contributed by atoms with Gasteiger partial charge in [-0.1, -0.05) is 45.7 Å². The molecule has 0 N–H and O–H groups in total. The lowest BCUT2D eigenvalue weighted by molar-refractivity contribution is 0.0748. The molecule has 2 nitrogen and oxygen atoms in total. The van der Waals surface area contributed by atoms with E-state index < -0.39 is 23.4 Å². The van der Waals surface area contributed by atoms with Gasteiger partial charge in [-0.05, 0) is 48.8 Å². The summed E-state index contributed by atoms with van der Waals surface area (Å²) in [5.74, 6) is 0. The fraction of sp³-hybridized carbons (Fsp3) is 0.667. The minimum atomic E-state index is -1.60. The zero-order chi connectivity index (χ0) is 16.5. The second-order valence-corrected chi connectivity index (χ2v) is 8.43. The second kappa shape index (κ2) is 6.79. The van der Waals surface area contributed by atoms with Gasteiger partial charge in [-0.25, -0.2) is 8.60 Å². The molecule has 1 aliphatic rings. The van der Waals surface area contributed by atoms with Crippen LogP contribution in [0.15, 0.2) is 17.0 Å². The lowest BCUT2D eigenvalue weighted by Gasteiger charge is -2.26. The van der Waals surface area contributed by atoms with E-state index in [2.05, 4.69) is 32.9 Å². The van der Waals surface area contributed by atoms with Gasteiger partial charge in [-0.3, -0.25) is 4.18 Å². The summed E-state index contributed by atoms with van der Waals surface area (Å²) in [5, 5.41) is 0. The first-order valence-electron chi connectivity index (χ1n) is 8.05. The second-order valence-electron chi connectivity index (χ2n) is 7.36. The van der Waals surface area contributed by atoms with Crippen molar-refractivity contribution in [1.82, 2.24) is 0 Å². The Morgan fingerprint density at radius 2 is 1.68 bits per heavy atom. The minimum absolute atomic E-state index is 0.0454. The molecule has 0 radical (unpaired) electrons. The van der Waals surface area contributed by atoms with E-state index in [0.717, 1.165) is 24.0 Å². The Balaban J connectivity index is 2.23.